The molecule has 1 aromatic rings. The van der Waals surface area contributed by atoms with E-state index in [-0.39, 0.29) is 6.03 Å². The van der Waals surface area contributed by atoms with Gasteiger partial charge in [0.2, 0.25) is 5.88 Å². The lowest BCUT2D eigenvalue weighted by Gasteiger charge is -2.35. The van der Waals surface area contributed by atoms with Crippen LogP contribution in [0, 0.1) is 0 Å². The van der Waals surface area contributed by atoms with E-state index in [2.05, 4.69) is 24.3 Å². The fraction of sp³-hybridized carbons (Fsp3) is 0.765. The molecule has 1 atom stereocenters. The molecule has 0 aliphatic carbocycles. The molecule has 23 heavy (non-hydrogen) atoms. The zero-order valence-corrected chi connectivity index (χ0v) is 14.9. The van der Waals surface area contributed by atoms with Gasteiger partial charge in [0.1, 0.15) is 0 Å². The Balaban J connectivity index is 2.03. The van der Waals surface area contributed by atoms with Crippen molar-refractivity contribution in [2.75, 3.05) is 13.7 Å². The van der Waals surface area contributed by atoms with Crippen molar-refractivity contribution >= 4 is 6.03 Å². The van der Waals surface area contributed by atoms with E-state index in [0.717, 1.165) is 55.8 Å². The Kier molecular flexibility index (Phi) is 6.30. The van der Waals surface area contributed by atoms with E-state index in [1.807, 2.05) is 11.9 Å². The Morgan fingerprint density at radius 2 is 2.17 bits per heavy atom. The average molecular weight is 322 g/mol. The summed E-state index contributed by atoms with van der Waals surface area (Å²) in [6.07, 6.45) is 6.48. The largest absolute Gasteiger partial charge is 0.481 e. The van der Waals surface area contributed by atoms with Crippen molar-refractivity contribution < 1.29 is 9.53 Å². The van der Waals surface area contributed by atoms with E-state index in [1.54, 1.807) is 11.8 Å². The van der Waals surface area contributed by atoms with Crippen molar-refractivity contribution in [3.8, 4) is 5.88 Å². The molecular weight excluding hydrogens is 292 g/mol. The number of methoxy groups -OCH3 is 1. The lowest BCUT2D eigenvalue weighted by Crippen LogP contribution is -2.48. The van der Waals surface area contributed by atoms with Crippen LogP contribution >= 0.6 is 0 Å². The number of hydrogen-bond donors (Lipinski definition) is 1. The summed E-state index contributed by atoms with van der Waals surface area (Å²) in [5.41, 5.74) is 1.96. The number of rotatable bonds is 6. The first-order valence-electron chi connectivity index (χ1n) is 8.75. The van der Waals surface area contributed by atoms with Crippen molar-refractivity contribution in [3.63, 3.8) is 0 Å². The smallest absolute Gasteiger partial charge is 0.317 e. The van der Waals surface area contributed by atoms with E-state index in [0.29, 0.717) is 12.6 Å². The highest BCUT2D eigenvalue weighted by atomic mass is 16.5. The third-order valence-corrected chi connectivity index (χ3v) is 4.63. The highest BCUT2D eigenvalue weighted by Crippen LogP contribution is 2.23. The summed E-state index contributed by atoms with van der Waals surface area (Å²) < 4.78 is 7.17. The van der Waals surface area contributed by atoms with E-state index < -0.39 is 0 Å². The quantitative estimate of drug-likeness (QED) is 0.876. The minimum atomic E-state index is 0.0381. The number of aromatic nitrogens is 2. The number of piperidine rings is 1. The Bertz CT molecular complexity index is 525. The molecule has 1 aliphatic heterocycles. The molecular formula is C17H30N4O2. The number of ether oxygens (including phenoxy) is 1. The summed E-state index contributed by atoms with van der Waals surface area (Å²) in [6, 6.07) is 0.422. The number of aryl methyl sites for hydroxylation is 2. The van der Waals surface area contributed by atoms with E-state index in [4.69, 9.17) is 4.74 Å². The van der Waals surface area contributed by atoms with E-state index in [1.165, 1.54) is 6.42 Å². The van der Waals surface area contributed by atoms with Gasteiger partial charge in [-0.15, -0.1) is 0 Å². The predicted octanol–water partition coefficient (Wildman–Crippen LogP) is 2.86. The predicted molar refractivity (Wildman–Crippen MR) is 90.6 cm³/mol. The molecule has 0 aromatic carbocycles. The second kappa shape index (κ2) is 8.22. The van der Waals surface area contributed by atoms with E-state index >= 15 is 0 Å². The van der Waals surface area contributed by atoms with Crippen LogP contribution in [-0.2, 0) is 20.0 Å². The third kappa shape index (κ3) is 3.98. The normalized spacial score (nSPS) is 18.1. The molecule has 2 rings (SSSR count). The lowest BCUT2D eigenvalue weighted by atomic mass is 9.99. The van der Waals surface area contributed by atoms with Crippen molar-refractivity contribution in [2.24, 2.45) is 7.05 Å². The van der Waals surface area contributed by atoms with Gasteiger partial charge >= 0.3 is 6.03 Å². The van der Waals surface area contributed by atoms with Gasteiger partial charge in [-0.2, -0.15) is 5.10 Å². The second-order valence-corrected chi connectivity index (χ2v) is 6.20. The van der Waals surface area contributed by atoms with Gasteiger partial charge in [0.15, 0.2) is 0 Å². The van der Waals surface area contributed by atoms with Crippen molar-refractivity contribution in [1.82, 2.24) is 20.0 Å². The van der Waals surface area contributed by atoms with Gasteiger partial charge in [-0.05, 0) is 32.1 Å². The topological polar surface area (TPSA) is 59.4 Å². The molecule has 6 heteroatoms. The molecule has 2 heterocycles. The molecule has 1 fully saturated rings. The van der Waals surface area contributed by atoms with Gasteiger partial charge in [-0.3, -0.25) is 0 Å². The SMILES string of the molecule is CCCC1CCCCN1C(=O)NCc1c(CC)nn(C)c1OC. The Hall–Kier alpha value is -1.72. The summed E-state index contributed by atoms with van der Waals surface area (Å²) in [6.45, 7) is 5.57. The maximum absolute atomic E-state index is 12.6. The van der Waals surface area contributed by atoms with Crippen molar-refractivity contribution in [3.05, 3.63) is 11.3 Å². The molecule has 1 aliphatic rings. The molecule has 1 N–H and O–H groups in total. The minimum absolute atomic E-state index is 0.0381. The molecule has 1 unspecified atom stereocenters. The van der Waals surface area contributed by atoms with Crippen molar-refractivity contribution in [1.29, 1.82) is 0 Å². The van der Waals surface area contributed by atoms with Crippen LogP contribution in [0.2, 0.25) is 0 Å². The summed E-state index contributed by atoms with van der Waals surface area (Å²) in [7, 11) is 3.51. The minimum Gasteiger partial charge on any atom is -0.481 e. The number of nitrogens with one attached hydrogen (secondary N) is 1. The number of nitrogens with zero attached hydrogens (tertiary/aromatic N) is 3. The van der Waals surface area contributed by atoms with Crippen LogP contribution in [0.25, 0.3) is 0 Å². The van der Waals surface area contributed by atoms with Gasteiger partial charge < -0.3 is 15.0 Å². The zero-order chi connectivity index (χ0) is 16.8. The lowest BCUT2D eigenvalue weighted by molar-refractivity contribution is 0.145. The zero-order valence-electron chi connectivity index (χ0n) is 14.9. The molecule has 1 aromatic heterocycles. The summed E-state index contributed by atoms with van der Waals surface area (Å²) in [5.74, 6) is 0.728. The molecule has 0 bridgehead atoms. The molecule has 1 saturated heterocycles. The van der Waals surface area contributed by atoms with Crippen LogP contribution in [0.5, 0.6) is 5.88 Å². The van der Waals surface area contributed by atoms with Crippen LogP contribution in [0.4, 0.5) is 4.79 Å². The molecule has 0 saturated carbocycles. The van der Waals surface area contributed by atoms with Crippen LogP contribution in [0.1, 0.15) is 57.2 Å². The Labute approximate surface area is 139 Å². The highest BCUT2D eigenvalue weighted by molar-refractivity contribution is 5.74. The van der Waals surface area contributed by atoms with Gasteiger partial charge in [0, 0.05) is 19.6 Å². The number of carbonyl (C=O) groups is 1. The van der Waals surface area contributed by atoms with E-state index in [9.17, 15) is 4.79 Å². The van der Waals surface area contributed by atoms with Gasteiger partial charge in [-0.25, -0.2) is 9.48 Å². The first-order valence-corrected chi connectivity index (χ1v) is 8.75. The maximum Gasteiger partial charge on any atom is 0.317 e. The van der Waals surface area contributed by atoms with Crippen LogP contribution in [-0.4, -0.2) is 40.4 Å². The third-order valence-electron chi connectivity index (χ3n) is 4.63. The van der Waals surface area contributed by atoms with Crippen LogP contribution < -0.4 is 10.1 Å². The number of hydrogen-bond acceptors (Lipinski definition) is 3. The maximum atomic E-state index is 12.6. The summed E-state index contributed by atoms with van der Waals surface area (Å²) >= 11 is 0. The van der Waals surface area contributed by atoms with Gasteiger partial charge in [0.25, 0.3) is 0 Å². The Morgan fingerprint density at radius 3 is 2.83 bits per heavy atom. The first kappa shape index (κ1) is 17.6. The summed E-state index contributed by atoms with van der Waals surface area (Å²) in [4.78, 5) is 14.6. The van der Waals surface area contributed by atoms with Gasteiger partial charge in [0.05, 0.1) is 24.9 Å². The monoisotopic (exact) mass is 322 g/mol. The average Bonchev–Trinajstić information content (AvgIpc) is 2.88. The number of carbonyl (C=O) groups excluding carboxylic acids is 1. The molecule has 130 valence electrons. The number of urea groups is 1. The summed E-state index contributed by atoms with van der Waals surface area (Å²) in [5, 5.41) is 7.54. The Morgan fingerprint density at radius 1 is 1.39 bits per heavy atom. The molecule has 0 radical (unpaired) electrons. The molecule has 6 nitrogen and oxygen atoms in total. The van der Waals surface area contributed by atoms with Crippen molar-refractivity contribution in [2.45, 2.75) is 65.0 Å². The fourth-order valence-electron chi connectivity index (χ4n) is 3.49. The standard InChI is InChI=1S/C17H30N4O2/c1-5-9-13-10-7-8-11-21(13)17(22)18-12-14-15(6-2)19-20(3)16(14)23-4/h13H,5-12H2,1-4H3,(H,18,22). The molecule has 0 spiro atoms. The molecule has 2 amide bonds. The fourth-order valence-corrected chi connectivity index (χ4v) is 3.49. The van der Waals surface area contributed by atoms with Crippen LogP contribution in [0.3, 0.4) is 0 Å². The van der Waals surface area contributed by atoms with Gasteiger partial charge in [-0.1, -0.05) is 20.3 Å². The van der Waals surface area contributed by atoms with Crippen LogP contribution in [0.15, 0.2) is 0 Å². The first-order chi connectivity index (χ1) is 11.1. The second-order valence-electron chi connectivity index (χ2n) is 6.20. The highest BCUT2D eigenvalue weighted by Gasteiger charge is 2.26. The number of amides is 2. The number of likely N-dealkylation sites (tertiary alicyclic amines) is 1.